The molecule has 0 saturated heterocycles. The summed E-state index contributed by atoms with van der Waals surface area (Å²) in [5.41, 5.74) is 14.2. The van der Waals surface area contributed by atoms with Gasteiger partial charge in [-0.25, -0.2) is 4.79 Å². The summed E-state index contributed by atoms with van der Waals surface area (Å²) in [6.45, 7) is 12.1. The summed E-state index contributed by atoms with van der Waals surface area (Å²) in [4.78, 5) is 48.0. The largest absolute Gasteiger partial charge is 0.481 e. The average molecular weight is 504 g/mol. The molecular formula is C26H37N3O7. The number of carboxylic acids is 1. The lowest BCUT2D eigenvalue weighted by Crippen LogP contribution is -2.44. The number of hydrogen-bond donors (Lipinski definition) is 4. The predicted octanol–water partition coefficient (Wildman–Crippen LogP) is 3.73. The van der Waals surface area contributed by atoms with E-state index in [0.717, 1.165) is 16.3 Å². The molecule has 0 aliphatic carbocycles. The normalized spacial score (nSPS) is 12.9. The first kappa shape index (κ1) is 30.6. The van der Waals surface area contributed by atoms with Gasteiger partial charge in [-0.05, 0) is 83.0 Å². The van der Waals surface area contributed by atoms with Gasteiger partial charge in [-0.2, -0.15) is 10.4 Å². The Morgan fingerprint density at radius 1 is 1.03 bits per heavy atom. The Hall–Kier alpha value is -3.47. The molecule has 0 heterocycles. The highest BCUT2D eigenvalue weighted by molar-refractivity contribution is 5.98. The van der Waals surface area contributed by atoms with Crippen LogP contribution in [-0.4, -0.2) is 40.2 Å². The molecule has 0 unspecified atom stereocenters. The van der Waals surface area contributed by atoms with E-state index in [9.17, 15) is 14.4 Å². The maximum absolute atomic E-state index is 11.7. The van der Waals surface area contributed by atoms with Crippen molar-refractivity contribution in [1.29, 1.82) is 0 Å². The number of benzene rings is 2. The fraction of sp³-hybridized carbons (Fsp3) is 0.423. The van der Waals surface area contributed by atoms with Gasteiger partial charge in [-0.3, -0.25) is 19.3 Å². The van der Waals surface area contributed by atoms with Crippen molar-refractivity contribution in [2.24, 2.45) is 5.73 Å². The second-order valence-electron chi connectivity index (χ2n) is 10.1. The zero-order chi connectivity index (χ0) is 27.7. The highest BCUT2D eigenvalue weighted by Gasteiger charge is 2.28. The molecule has 1 atom stereocenters. The summed E-state index contributed by atoms with van der Waals surface area (Å²) in [5.74, 6) is -2.43. The lowest BCUT2D eigenvalue weighted by atomic mass is 10.0. The monoisotopic (exact) mass is 503 g/mol. The van der Waals surface area contributed by atoms with Crippen molar-refractivity contribution in [3.63, 3.8) is 0 Å². The van der Waals surface area contributed by atoms with Crippen molar-refractivity contribution in [1.82, 2.24) is 5.48 Å². The highest BCUT2D eigenvalue weighted by Crippen LogP contribution is 2.23. The molecule has 0 radical (unpaired) electrons. The second-order valence-corrected chi connectivity index (χ2v) is 10.1. The number of carboxylic acid groups (broad SMARTS) is 1. The highest BCUT2D eigenvalue weighted by atomic mass is 17.2. The number of fused-ring (bicyclic) bond motifs is 1. The summed E-state index contributed by atoms with van der Waals surface area (Å²) in [7, 11) is 0. The zero-order valence-electron chi connectivity index (χ0n) is 21.9. The predicted molar refractivity (Wildman–Crippen MR) is 138 cm³/mol. The number of hydrogen-bond acceptors (Lipinski definition) is 8. The van der Waals surface area contributed by atoms with E-state index in [1.165, 1.54) is 0 Å². The first-order chi connectivity index (χ1) is 16.5. The van der Waals surface area contributed by atoms with Crippen LogP contribution in [0.1, 0.15) is 60.5 Å². The first-order valence-electron chi connectivity index (χ1n) is 11.3. The van der Waals surface area contributed by atoms with Gasteiger partial charge in [0.2, 0.25) is 5.91 Å². The average Bonchev–Trinajstić information content (AvgIpc) is 2.74. The molecule has 0 aliphatic heterocycles. The smallest absolute Gasteiger partial charge is 0.362 e. The van der Waals surface area contributed by atoms with Crippen LogP contribution in [0.2, 0.25) is 0 Å². The number of anilines is 1. The van der Waals surface area contributed by atoms with E-state index in [0.29, 0.717) is 11.3 Å². The molecule has 2 aromatic carbocycles. The van der Waals surface area contributed by atoms with Crippen molar-refractivity contribution in [3.8, 4) is 0 Å². The van der Waals surface area contributed by atoms with Gasteiger partial charge in [0.05, 0.1) is 12.0 Å². The van der Waals surface area contributed by atoms with Gasteiger partial charge in [0.15, 0.2) is 0 Å². The maximum Gasteiger partial charge on any atom is 0.362 e. The van der Waals surface area contributed by atoms with Crippen LogP contribution in [0.4, 0.5) is 5.69 Å². The van der Waals surface area contributed by atoms with Crippen LogP contribution >= 0.6 is 0 Å². The minimum absolute atomic E-state index is 0.433. The van der Waals surface area contributed by atoms with Crippen LogP contribution in [-0.2, 0) is 29.0 Å². The Labute approximate surface area is 211 Å². The molecule has 0 bridgehead atoms. The van der Waals surface area contributed by atoms with Crippen LogP contribution < -0.4 is 16.9 Å². The van der Waals surface area contributed by atoms with Crippen molar-refractivity contribution < 1.29 is 34.1 Å². The van der Waals surface area contributed by atoms with Crippen LogP contribution in [0, 0.1) is 0 Å². The third-order valence-electron chi connectivity index (χ3n) is 4.26. The molecule has 0 aromatic heterocycles. The topological polar surface area (TPSA) is 163 Å². The van der Waals surface area contributed by atoms with Gasteiger partial charge in [-0.15, -0.1) is 0 Å². The number of rotatable bonds is 8. The van der Waals surface area contributed by atoms with E-state index in [1.807, 2.05) is 36.4 Å². The molecule has 0 saturated carbocycles. The lowest BCUT2D eigenvalue weighted by Gasteiger charge is -2.24. The third-order valence-corrected chi connectivity index (χ3v) is 4.26. The maximum atomic E-state index is 11.7. The number of nitrogens with two attached hydrogens (primary N) is 2. The van der Waals surface area contributed by atoms with E-state index in [-0.39, 0.29) is 0 Å². The summed E-state index contributed by atoms with van der Waals surface area (Å²) in [6.07, 6.45) is 1.24. The van der Waals surface area contributed by atoms with Gasteiger partial charge >= 0.3 is 11.9 Å². The standard InChI is InChI=1S/C14H14N2O.C12H23NO6/c1-9(14(16)17)6-12-7-10-4-2-3-5-11(10)8-13(12)15;1-11(2,3)18-13-8(7-9(14)15)10(16)17-19-12(4,5)6/h2-8H,15H2,1H3,(H2,16,17);8,13H,7H2,1-6H3,(H,14,15)/t;8-/m.0/s1. The molecule has 10 heteroatoms. The fourth-order valence-corrected chi connectivity index (χ4v) is 2.52. The molecule has 2 aromatic rings. The summed E-state index contributed by atoms with van der Waals surface area (Å²) >= 11 is 0. The number of nitrogens with one attached hydrogen (secondary N) is 1. The molecule has 6 N–H and O–H groups in total. The van der Waals surface area contributed by atoms with Crippen LogP contribution in [0.5, 0.6) is 0 Å². The number of aliphatic carboxylic acids is 1. The number of carbonyl (C=O) groups excluding carboxylic acids is 2. The van der Waals surface area contributed by atoms with E-state index in [2.05, 4.69) is 10.4 Å². The molecule has 0 spiro atoms. The van der Waals surface area contributed by atoms with Gasteiger partial charge in [0, 0.05) is 11.3 Å². The molecule has 0 fully saturated rings. The van der Waals surface area contributed by atoms with Crippen molar-refractivity contribution >= 4 is 40.4 Å². The number of primary amides is 1. The Kier molecular flexibility index (Phi) is 11.0. The molecule has 36 heavy (non-hydrogen) atoms. The van der Waals surface area contributed by atoms with Crippen molar-refractivity contribution in [2.45, 2.75) is 72.1 Å². The number of hydroxylamine groups is 1. The minimum Gasteiger partial charge on any atom is -0.481 e. The first-order valence-corrected chi connectivity index (χ1v) is 11.3. The van der Waals surface area contributed by atoms with E-state index in [1.54, 1.807) is 54.5 Å². The van der Waals surface area contributed by atoms with Gasteiger partial charge in [0.25, 0.3) is 0 Å². The Morgan fingerprint density at radius 3 is 2.06 bits per heavy atom. The number of carbonyl (C=O) groups is 3. The molecule has 10 nitrogen and oxygen atoms in total. The lowest BCUT2D eigenvalue weighted by molar-refractivity contribution is -0.323. The van der Waals surface area contributed by atoms with Gasteiger partial charge in [-0.1, -0.05) is 24.3 Å². The van der Waals surface area contributed by atoms with Crippen LogP contribution in [0.15, 0.2) is 42.0 Å². The van der Waals surface area contributed by atoms with E-state index < -0.39 is 41.5 Å². The molecule has 0 aliphatic rings. The van der Waals surface area contributed by atoms with Gasteiger partial charge < -0.3 is 16.6 Å². The summed E-state index contributed by atoms with van der Waals surface area (Å²) < 4.78 is 0. The Morgan fingerprint density at radius 2 is 1.58 bits per heavy atom. The van der Waals surface area contributed by atoms with Crippen LogP contribution in [0.3, 0.4) is 0 Å². The fourth-order valence-electron chi connectivity index (χ4n) is 2.52. The molecule has 198 valence electrons. The molecule has 1 amide bonds. The third kappa shape index (κ3) is 11.8. The Bertz CT molecular complexity index is 1100. The van der Waals surface area contributed by atoms with E-state index >= 15 is 0 Å². The quantitative estimate of drug-likeness (QED) is 0.182. The molecule has 2 rings (SSSR count). The second kappa shape index (κ2) is 13.0. The zero-order valence-corrected chi connectivity index (χ0v) is 21.9. The number of nitrogen functional groups attached to an aromatic ring is 1. The van der Waals surface area contributed by atoms with Crippen LogP contribution in [0.25, 0.3) is 16.8 Å². The van der Waals surface area contributed by atoms with Crippen molar-refractivity contribution in [2.75, 3.05) is 5.73 Å². The molecular weight excluding hydrogens is 466 g/mol. The van der Waals surface area contributed by atoms with Crippen molar-refractivity contribution in [3.05, 3.63) is 47.5 Å². The SMILES string of the molecule is CC(=Cc1cc2ccccc2cc1N)C(N)=O.CC(C)(C)ON[C@@H](CC(=O)O)C(=O)OOC(C)(C)C. The summed E-state index contributed by atoms with van der Waals surface area (Å²) in [5, 5.41) is 10.9. The minimum atomic E-state index is -1.15. The van der Waals surface area contributed by atoms with E-state index in [4.69, 9.17) is 26.3 Å². The summed E-state index contributed by atoms with van der Waals surface area (Å²) in [6, 6.07) is 10.6. The van der Waals surface area contributed by atoms with Gasteiger partial charge in [0.1, 0.15) is 11.6 Å². The Balaban J connectivity index is 0.000000361. The number of amides is 1.